The quantitative estimate of drug-likeness (QED) is 0.864. The number of ether oxygens (including phenoxy) is 1. The molecule has 1 saturated heterocycles. The van der Waals surface area contributed by atoms with Crippen LogP contribution in [-0.4, -0.2) is 34.4 Å². The highest BCUT2D eigenvalue weighted by Gasteiger charge is 2.32. The predicted octanol–water partition coefficient (Wildman–Crippen LogP) is 1.65. The first-order chi connectivity index (χ1) is 8.77. The molecule has 1 fully saturated rings. The van der Waals surface area contributed by atoms with E-state index in [1.54, 1.807) is 6.07 Å². The lowest BCUT2D eigenvalue weighted by atomic mass is 9.89. The van der Waals surface area contributed by atoms with Crippen molar-refractivity contribution in [2.45, 2.75) is 6.92 Å². The Morgan fingerprint density at radius 1 is 1.42 bits per heavy atom. The smallest absolute Gasteiger partial charge is 0.229 e. The molecule has 106 valence electrons. The molecule has 7 heteroatoms. The molecule has 0 unspecified atom stereocenters. The van der Waals surface area contributed by atoms with Crippen LogP contribution in [0.3, 0.4) is 0 Å². The molecule has 1 heterocycles. The zero-order chi connectivity index (χ0) is 14.1. The van der Waals surface area contributed by atoms with Gasteiger partial charge in [0.15, 0.2) is 0 Å². The molecule has 1 aliphatic heterocycles. The van der Waals surface area contributed by atoms with Gasteiger partial charge in [0.2, 0.25) is 10.0 Å². The Balaban J connectivity index is 2.07. The Labute approximate surface area is 112 Å². The molecule has 0 aliphatic carbocycles. The second-order valence-electron chi connectivity index (χ2n) is 5.23. The van der Waals surface area contributed by atoms with Crippen LogP contribution in [0, 0.1) is 11.2 Å². The predicted molar refractivity (Wildman–Crippen MR) is 72.3 cm³/mol. The van der Waals surface area contributed by atoms with Gasteiger partial charge in [-0.1, -0.05) is 6.92 Å². The average Bonchev–Trinajstić information content (AvgIpc) is 2.26. The number of rotatable bonds is 5. The minimum atomic E-state index is -3.49. The number of hydrogen-bond acceptors (Lipinski definition) is 4. The van der Waals surface area contributed by atoms with E-state index in [9.17, 15) is 12.8 Å². The molecule has 19 heavy (non-hydrogen) atoms. The lowest BCUT2D eigenvalue weighted by Crippen LogP contribution is -2.45. The number of hydrogen-bond donors (Lipinski definition) is 2. The van der Waals surface area contributed by atoms with E-state index in [1.165, 1.54) is 12.1 Å². The van der Waals surface area contributed by atoms with Gasteiger partial charge in [-0.25, -0.2) is 12.8 Å². The molecule has 1 aromatic rings. The highest BCUT2D eigenvalue weighted by Crippen LogP contribution is 2.28. The van der Waals surface area contributed by atoms with Crippen LogP contribution in [0.15, 0.2) is 18.2 Å². The zero-order valence-electron chi connectivity index (χ0n) is 10.9. The van der Waals surface area contributed by atoms with E-state index in [0.717, 1.165) is 6.26 Å². The van der Waals surface area contributed by atoms with E-state index in [0.29, 0.717) is 25.4 Å². The van der Waals surface area contributed by atoms with Crippen LogP contribution < -0.4 is 10.0 Å². The molecular weight excluding hydrogens is 271 g/mol. The second kappa shape index (κ2) is 4.97. The Morgan fingerprint density at radius 2 is 2.11 bits per heavy atom. The molecule has 0 bridgehead atoms. The summed E-state index contributed by atoms with van der Waals surface area (Å²) in [6.07, 6.45) is 0.985. The Hall–Kier alpha value is -1.34. The fourth-order valence-corrected chi connectivity index (χ4v) is 2.34. The van der Waals surface area contributed by atoms with Crippen molar-refractivity contribution in [1.82, 2.24) is 0 Å². The lowest BCUT2D eigenvalue weighted by Gasteiger charge is -2.38. The summed E-state index contributed by atoms with van der Waals surface area (Å²) in [6.45, 7) is 4.16. The van der Waals surface area contributed by atoms with Crippen LogP contribution in [0.1, 0.15) is 6.92 Å². The lowest BCUT2D eigenvalue weighted by molar-refractivity contribution is -0.0924. The number of benzene rings is 1. The molecular formula is C12H17FN2O3S. The molecule has 0 radical (unpaired) electrons. The minimum Gasteiger partial charge on any atom is -0.384 e. The highest BCUT2D eigenvalue weighted by atomic mass is 32.2. The first-order valence-electron chi connectivity index (χ1n) is 5.86. The molecule has 2 rings (SSSR count). The Bertz CT molecular complexity index is 570. The molecule has 1 aliphatic rings. The number of halogens is 1. The summed E-state index contributed by atoms with van der Waals surface area (Å²) >= 11 is 0. The third-order valence-electron chi connectivity index (χ3n) is 2.88. The topological polar surface area (TPSA) is 67.4 Å². The fourth-order valence-electron chi connectivity index (χ4n) is 1.78. The summed E-state index contributed by atoms with van der Waals surface area (Å²) in [4.78, 5) is 0. The summed E-state index contributed by atoms with van der Waals surface area (Å²) in [5.41, 5.74) is 0.696. The molecule has 0 saturated carbocycles. The van der Waals surface area contributed by atoms with Crippen LogP contribution in [-0.2, 0) is 14.8 Å². The van der Waals surface area contributed by atoms with Gasteiger partial charge in [-0.05, 0) is 18.2 Å². The van der Waals surface area contributed by atoms with E-state index < -0.39 is 15.8 Å². The SMILES string of the molecule is CC1(CNc2ccc(F)c(NS(C)(=O)=O)c2)COC1. The van der Waals surface area contributed by atoms with E-state index >= 15 is 0 Å². The van der Waals surface area contributed by atoms with Gasteiger partial charge in [-0.3, -0.25) is 4.72 Å². The molecule has 1 aromatic carbocycles. The van der Waals surface area contributed by atoms with Gasteiger partial charge in [-0.2, -0.15) is 0 Å². The van der Waals surface area contributed by atoms with Gasteiger partial charge >= 0.3 is 0 Å². The molecule has 0 spiro atoms. The van der Waals surface area contributed by atoms with Gasteiger partial charge in [0.05, 0.1) is 25.2 Å². The third-order valence-corrected chi connectivity index (χ3v) is 3.47. The first kappa shape index (κ1) is 14.1. The van der Waals surface area contributed by atoms with Crippen molar-refractivity contribution in [3.8, 4) is 0 Å². The maximum Gasteiger partial charge on any atom is 0.229 e. The number of nitrogens with one attached hydrogen (secondary N) is 2. The molecule has 0 amide bonds. The molecule has 5 nitrogen and oxygen atoms in total. The minimum absolute atomic E-state index is 0.0532. The van der Waals surface area contributed by atoms with Crippen molar-refractivity contribution in [1.29, 1.82) is 0 Å². The van der Waals surface area contributed by atoms with Crippen molar-refractivity contribution < 1.29 is 17.5 Å². The van der Waals surface area contributed by atoms with Gasteiger partial charge in [0, 0.05) is 17.6 Å². The first-order valence-corrected chi connectivity index (χ1v) is 7.76. The van der Waals surface area contributed by atoms with Crippen LogP contribution >= 0.6 is 0 Å². The zero-order valence-corrected chi connectivity index (χ0v) is 11.7. The second-order valence-corrected chi connectivity index (χ2v) is 6.97. The van der Waals surface area contributed by atoms with Crippen LogP contribution in [0.25, 0.3) is 0 Å². The van der Waals surface area contributed by atoms with E-state index in [4.69, 9.17) is 4.74 Å². The van der Waals surface area contributed by atoms with Crippen molar-refractivity contribution in [3.63, 3.8) is 0 Å². The Morgan fingerprint density at radius 3 is 2.63 bits per heavy atom. The van der Waals surface area contributed by atoms with Gasteiger partial charge in [0.1, 0.15) is 5.82 Å². The van der Waals surface area contributed by atoms with E-state index in [1.807, 2.05) is 0 Å². The van der Waals surface area contributed by atoms with Gasteiger partial charge in [-0.15, -0.1) is 0 Å². The van der Waals surface area contributed by atoms with Crippen molar-refractivity contribution >= 4 is 21.4 Å². The van der Waals surface area contributed by atoms with E-state index in [2.05, 4.69) is 17.0 Å². The fraction of sp³-hybridized carbons (Fsp3) is 0.500. The average molecular weight is 288 g/mol. The maximum atomic E-state index is 13.5. The normalized spacial score (nSPS) is 17.6. The maximum absolute atomic E-state index is 13.5. The summed E-state index contributed by atoms with van der Waals surface area (Å²) in [6, 6.07) is 4.25. The molecule has 0 aromatic heterocycles. The monoisotopic (exact) mass is 288 g/mol. The summed E-state index contributed by atoms with van der Waals surface area (Å²) in [7, 11) is -3.49. The Kier molecular flexibility index (Phi) is 3.69. The van der Waals surface area contributed by atoms with Crippen LogP contribution in [0.2, 0.25) is 0 Å². The van der Waals surface area contributed by atoms with Gasteiger partial charge < -0.3 is 10.1 Å². The summed E-state index contributed by atoms with van der Waals surface area (Å²) < 4.78 is 43.0. The number of anilines is 2. The summed E-state index contributed by atoms with van der Waals surface area (Å²) in [5, 5.41) is 3.16. The van der Waals surface area contributed by atoms with Crippen LogP contribution in [0.4, 0.5) is 15.8 Å². The van der Waals surface area contributed by atoms with Crippen LogP contribution in [0.5, 0.6) is 0 Å². The van der Waals surface area contributed by atoms with Gasteiger partial charge in [0.25, 0.3) is 0 Å². The third kappa shape index (κ3) is 3.81. The van der Waals surface area contributed by atoms with Crippen molar-refractivity contribution in [3.05, 3.63) is 24.0 Å². The molecule has 2 N–H and O–H groups in total. The standard InChI is InChI=1S/C12H17FN2O3S/c1-12(7-18-8-12)6-14-9-3-4-10(13)11(5-9)15-19(2,16)17/h3-5,14-15H,6-8H2,1-2H3. The highest BCUT2D eigenvalue weighted by molar-refractivity contribution is 7.92. The van der Waals surface area contributed by atoms with Crippen molar-refractivity contribution in [2.24, 2.45) is 5.41 Å². The van der Waals surface area contributed by atoms with E-state index in [-0.39, 0.29) is 11.1 Å². The molecule has 0 atom stereocenters. The summed E-state index contributed by atoms with van der Waals surface area (Å²) in [5.74, 6) is -0.603. The van der Waals surface area contributed by atoms with Crippen molar-refractivity contribution in [2.75, 3.05) is 36.1 Å². The number of sulfonamides is 1. The largest absolute Gasteiger partial charge is 0.384 e.